The fraction of sp³-hybridized carbons (Fsp3) is 0.300. The summed E-state index contributed by atoms with van der Waals surface area (Å²) in [5.41, 5.74) is 2.35. The molecular formula is C20H22ClN3O2. The van der Waals surface area contributed by atoms with E-state index in [1.807, 2.05) is 48.2 Å². The van der Waals surface area contributed by atoms with Crippen LogP contribution in [0.3, 0.4) is 0 Å². The van der Waals surface area contributed by atoms with Crippen molar-refractivity contribution >= 4 is 29.2 Å². The van der Waals surface area contributed by atoms with Crippen LogP contribution in [0, 0.1) is 0 Å². The molecule has 0 aliphatic carbocycles. The Morgan fingerprint density at radius 3 is 2.65 bits per heavy atom. The lowest BCUT2D eigenvalue weighted by Crippen LogP contribution is -2.49. The van der Waals surface area contributed by atoms with Gasteiger partial charge in [0.25, 0.3) is 5.91 Å². The van der Waals surface area contributed by atoms with E-state index in [4.69, 9.17) is 11.6 Å². The number of carbonyl (C=O) groups excluding carboxylic acids is 2. The van der Waals surface area contributed by atoms with Gasteiger partial charge in [0.05, 0.1) is 0 Å². The average Bonchev–Trinajstić information content (AvgIpc) is 2.65. The van der Waals surface area contributed by atoms with Crippen molar-refractivity contribution in [1.82, 2.24) is 10.2 Å². The van der Waals surface area contributed by atoms with E-state index in [9.17, 15) is 9.59 Å². The Morgan fingerprint density at radius 1 is 1.15 bits per heavy atom. The molecule has 136 valence electrons. The van der Waals surface area contributed by atoms with Crippen molar-refractivity contribution in [1.29, 1.82) is 0 Å². The second-order valence-corrected chi connectivity index (χ2v) is 6.68. The van der Waals surface area contributed by atoms with Crippen LogP contribution in [0.25, 0.3) is 0 Å². The minimum atomic E-state index is -0.128. The number of anilines is 1. The van der Waals surface area contributed by atoms with Gasteiger partial charge in [0, 0.05) is 42.5 Å². The summed E-state index contributed by atoms with van der Waals surface area (Å²) < 4.78 is 0. The molecule has 26 heavy (non-hydrogen) atoms. The summed E-state index contributed by atoms with van der Waals surface area (Å²) >= 11 is 5.93. The monoisotopic (exact) mass is 371 g/mol. The molecule has 2 aromatic rings. The first-order valence-corrected chi connectivity index (χ1v) is 9.15. The van der Waals surface area contributed by atoms with Crippen LogP contribution in [0.5, 0.6) is 0 Å². The summed E-state index contributed by atoms with van der Waals surface area (Å²) in [7, 11) is 0. The van der Waals surface area contributed by atoms with Gasteiger partial charge in [-0.1, -0.05) is 29.8 Å². The first kappa shape index (κ1) is 18.3. The molecule has 6 heteroatoms. The Morgan fingerprint density at radius 2 is 1.92 bits per heavy atom. The number of amides is 3. The number of rotatable bonds is 5. The third-order valence-electron chi connectivity index (χ3n) is 4.36. The predicted molar refractivity (Wildman–Crippen MR) is 104 cm³/mol. The number of nitrogens with zero attached hydrogens (tertiary/aromatic N) is 2. The van der Waals surface area contributed by atoms with Crippen molar-refractivity contribution in [2.45, 2.75) is 19.9 Å². The van der Waals surface area contributed by atoms with Gasteiger partial charge < -0.3 is 10.2 Å². The molecule has 1 aliphatic heterocycles. The Bertz CT molecular complexity index is 792. The van der Waals surface area contributed by atoms with Crippen molar-refractivity contribution in [3.63, 3.8) is 0 Å². The molecule has 1 saturated heterocycles. The molecule has 0 aromatic heterocycles. The Kier molecular flexibility index (Phi) is 5.78. The van der Waals surface area contributed by atoms with Gasteiger partial charge in [-0.2, -0.15) is 0 Å². The molecule has 0 saturated carbocycles. The average molecular weight is 372 g/mol. The summed E-state index contributed by atoms with van der Waals surface area (Å²) in [5.74, 6) is -0.128. The van der Waals surface area contributed by atoms with Crippen LogP contribution in [-0.2, 0) is 6.54 Å². The first-order valence-electron chi connectivity index (χ1n) is 8.77. The van der Waals surface area contributed by atoms with E-state index in [0.29, 0.717) is 36.8 Å². The quantitative estimate of drug-likeness (QED) is 0.866. The van der Waals surface area contributed by atoms with Crippen LogP contribution >= 0.6 is 11.6 Å². The molecule has 0 radical (unpaired) electrons. The Balaban J connectivity index is 1.76. The van der Waals surface area contributed by atoms with Gasteiger partial charge in [-0.3, -0.25) is 9.69 Å². The molecule has 0 atom stereocenters. The molecule has 1 heterocycles. The maximum atomic E-state index is 12.9. The SMILES string of the molecule is CCNC(=O)c1cccc(N2CCCN(Cc3ccc(Cl)cc3)C2=O)c1. The number of nitrogens with one attached hydrogen (secondary N) is 1. The lowest BCUT2D eigenvalue weighted by molar-refractivity contribution is 0.0955. The zero-order chi connectivity index (χ0) is 18.5. The number of urea groups is 1. The molecule has 3 amide bonds. The molecule has 1 aliphatic rings. The second-order valence-electron chi connectivity index (χ2n) is 6.25. The highest BCUT2D eigenvalue weighted by molar-refractivity contribution is 6.30. The minimum absolute atomic E-state index is 0.0424. The van der Waals surface area contributed by atoms with Gasteiger partial charge in [0.2, 0.25) is 0 Å². The molecular weight excluding hydrogens is 350 g/mol. The molecule has 1 N–H and O–H groups in total. The topological polar surface area (TPSA) is 52.7 Å². The van der Waals surface area contributed by atoms with Gasteiger partial charge in [0.15, 0.2) is 0 Å². The first-order chi connectivity index (χ1) is 12.6. The van der Waals surface area contributed by atoms with Gasteiger partial charge in [-0.05, 0) is 49.2 Å². The van der Waals surface area contributed by atoms with Crippen molar-refractivity contribution in [2.24, 2.45) is 0 Å². The lowest BCUT2D eigenvalue weighted by Gasteiger charge is -2.35. The van der Waals surface area contributed by atoms with Crippen LogP contribution in [-0.4, -0.2) is 36.5 Å². The molecule has 0 spiro atoms. The lowest BCUT2D eigenvalue weighted by atomic mass is 10.1. The molecule has 3 rings (SSSR count). The maximum absolute atomic E-state index is 12.9. The normalized spacial score (nSPS) is 14.5. The van der Waals surface area contributed by atoms with E-state index < -0.39 is 0 Å². The highest BCUT2D eigenvalue weighted by atomic mass is 35.5. The van der Waals surface area contributed by atoms with E-state index in [0.717, 1.165) is 17.7 Å². The number of hydrogen-bond acceptors (Lipinski definition) is 2. The summed E-state index contributed by atoms with van der Waals surface area (Å²) in [4.78, 5) is 28.6. The van der Waals surface area contributed by atoms with E-state index in [1.54, 1.807) is 17.0 Å². The number of benzene rings is 2. The smallest absolute Gasteiger partial charge is 0.324 e. The van der Waals surface area contributed by atoms with Crippen LogP contribution in [0.4, 0.5) is 10.5 Å². The van der Waals surface area contributed by atoms with E-state index in [2.05, 4.69) is 5.32 Å². The highest BCUT2D eigenvalue weighted by Crippen LogP contribution is 2.23. The number of carbonyl (C=O) groups is 2. The highest BCUT2D eigenvalue weighted by Gasteiger charge is 2.27. The van der Waals surface area contributed by atoms with Crippen molar-refractivity contribution < 1.29 is 9.59 Å². The van der Waals surface area contributed by atoms with Crippen molar-refractivity contribution in [2.75, 3.05) is 24.5 Å². The van der Waals surface area contributed by atoms with Gasteiger partial charge in [0.1, 0.15) is 0 Å². The summed E-state index contributed by atoms with van der Waals surface area (Å²) in [6.07, 6.45) is 0.880. The standard InChI is InChI=1S/C20H22ClN3O2/c1-2-22-19(25)16-5-3-6-18(13-16)24-12-4-11-23(20(24)26)14-15-7-9-17(21)10-8-15/h3,5-10,13H,2,4,11-12,14H2,1H3,(H,22,25). The molecule has 5 nitrogen and oxygen atoms in total. The van der Waals surface area contributed by atoms with E-state index in [1.165, 1.54) is 0 Å². The number of hydrogen-bond donors (Lipinski definition) is 1. The van der Waals surface area contributed by atoms with Gasteiger partial charge in [-0.15, -0.1) is 0 Å². The second kappa shape index (κ2) is 8.23. The maximum Gasteiger partial charge on any atom is 0.324 e. The number of halogens is 1. The molecule has 0 unspecified atom stereocenters. The molecule has 2 aromatic carbocycles. The van der Waals surface area contributed by atoms with Crippen molar-refractivity contribution in [3.05, 3.63) is 64.7 Å². The van der Waals surface area contributed by atoms with Crippen LogP contribution < -0.4 is 10.2 Å². The minimum Gasteiger partial charge on any atom is -0.352 e. The van der Waals surface area contributed by atoms with Gasteiger partial charge in [-0.25, -0.2) is 4.79 Å². The van der Waals surface area contributed by atoms with Crippen LogP contribution in [0.2, 0.25) is 5.02 Å². The summed E-state index contributed by atoms with van der Waals surface area (Å²) in [6.45, 7) is 4.36. The van der Waals surface area contributed by atoms with Crippen LogP contribution in [0.1, 0.15) is 29.3 Å². The predicted octanol–water partition coefficient (Wildman–Crippen LogP) is 3.92. The third kappa shape index (κ3) is 4.17. The van der Waals surface area contributed by atoms with Gasteiger partial charge >= 0.3 is 6.03 Å². The summed E-state index contributed by atoms with van der Waals surface area (Å²) in [6, 6.07) is 14.7. The zero-order valence-corrected chi connectivity index (χ0v) is 15.5. The van der Waals surface area contributed by atoms with E-state index >= 15 is 0 Å². The molecule has 0 bridgehead atoms. The molecule has 1 fully saturated rings. The largest absolute Gasteiger partial charge is 0.352 e. The zero-order valence-electron chi connectivity index (χ0n) is 14.7. The van der Waals surface area contributed by atoms with E-state index in [-0.39, 0.29) is 11.9 Å². The fourth-order valence-electron chi connectivity index (χ4n) is 3.06. The van der Waals surface area contributed by atoms with Crippen molar-refractivity contribution in [3.8, 4) is 0 Å². The van der Waals surface area contributed by atoms with Crippen LogP contribution in [0.15, 0.2) is 48.5 Å². The summed E-state index contributed by atoms with van der Waals surface area (Å²) in [5, 5.41) is 3.47. The Hall–Kier alpha value is -2.53. The Labute approximate surface area is 158 Å². The third-order valence-corrected chi connectivity index (χ3v) is 4.61. The fourth-order valence-corrected chi connectivity index (χ4v) is 3.18.